The maximum absolute atomic E-state index is 11.7. The molecule has 2 heterocycles. The van der Waals surface area contributed by atoms with Crippen LogP contribution in [0.3, 0.4) is 0 Å². The molecule has 4 heteroatoms. The molecule has 0 bridgehead atoms. The van der Waals surface area contributed by atoms with Crippen LogP contribution < -0.4 is 4.74 Å². The quantitative estimate of drug-likeness (QED) is 0.765. The molecule has 0 aromatic carbocycles. The van der Waals surface area contributed by atoms with Crippen molar-refractivity contribution in [1.29, 1.82) is 0 Å². The lowest BCUT2D eigenvalue weighted by Crippen LogP contribution is -2.29. The maximum Gasteiger partial charge on any atom is 0.246 e. The van der Waals surface area contributed by atoms with Crippen molar-refractivity contribution in [2.45, 2.75) is 26.4 Å². The molecule has 1 aliphatic rings. The second-order valence-corrected chi connectivity index (χ2v) is 4.49. The van der Waals surface area contributed by atoms with Crippen molar-refractivity contribution in [2.75, 3.05) is 13.1 Å². The number of nitrogens with zero attached hydrogens (tertiary/aromatic N) is 2. The molecule has 1 fully saturated rings. The number of amides is 1. The van der Waals surface area contributed by atoms with E-state index in [2.05, 4.69) is 4.98 Å². The summed E-state index contributed by atoms with van der Waals surface area (Å²) >= 11 is 0. The van der Waals surface area contributed by atoms with Gasteiger partial charge in [0.15, 0.2) is 0 Å². The molecule has 1 saturated heterocycles. The highest BCUT2D eigenvalue weighted by molar-refractivity contribution is 5.87. The molecular formula is C14H18N2O2. The van der Waals surface area contributed by atoms with Gasteiger partial charge >= 0.3 is 0 Å². The summed E-state index contributed by atoms with van der Waals surface area (Å²) in [6, 6.07) is 3.84. The van der Waals surface area contributed by atoms with Gasteiger partial charge in [0.2, 0.25) is 11.8 Å². The molecule has 1 atom stereocenters. The van der Waals surface area contributed by atoms with E-state index in [1.807, 2.05) is 26.0 Å². The van der Waals surface area contributed by atoms with Gasteiger partial charge in [-0.25, -0.2) is 4.98 Å². The minimum atomic E-state index is 0.0504. The molecule has 1 amide bonds. The molecule has 1 aliphatic heterocycles. The summed E-state index contributed by atoms with van der Waals surface area (Å²) in [5.74, 6) is 0.686. The summed E-state index contributed by atoms with van der Waals surface area (Å²) in [5, 5.41) is 0. The average Bonchev–Trinajstić information content (AvgIpc) is 2.81. The van der Waals surface area contributed by atoms with Crippen molar-refractivity contribution < 1.29 is 9.53 Å². The molecule has 0 radical (unpaired) electrons. The van der Waals surface area contributed by atoms with E-state index in [0.29, 0.717) is 12.4 Å². The minimum Gasteiger partial charge on any atom is -0.472 e. The number of rotatable bonds is 3. The van der Waals surface area contributed by atoms with E-state index < -0.39 is 0 Å². The molecule has 1 aromatic rings. The Morgan fingerprint density at radius 1 is 1.56 bits per heavy atom. The van der Waals surface area contributed by atoms with Crippen LogP contribution in [-0.2, 0) is 4.79 Å². The van der Waals surface area contributed by atoms with Crippen LogP contribution in [0, 0.1) is 6.92 Å². The number of carbonyl (C=O) groups is 1. The van der Waals surface area contributed by atoms with Crippen molar-refractivity contribution in [3.63, 3.8) is 0 Å². The summed E-state index contributed by atoms with van der Waals surface area (Å²) in [5.41, 5.74) is 1.11. The fraction of sp³-hybridized carbons (Fsp3) is 0.429. The smallest absolute Gasteiger partial charge is 0.246 e. The van der Waals surface area contributed by atoms with Crippen LogP contribution in [0.4, 0.5) is 0 Å². The summed E-state index contributed by atoms with van der Waals surface area (Å²) in [6.45, 7) is 5.22. The molecule has 2 rings (SSSR count). The molecular weight excluding hydrogens is 228 g/mol. The first-order valence-corrected chi connectivity index (χ1v) is 6.20. The Morgan fingerprint density at radius 2 is 2.39 bits per heavy atom. The van der Waals surface area contributed by atoms with E-state index in [-0.39, 0.29) is 12.0 Å². The Bertz CT molecular complexity index is 440. The number of aromatic nitrogens is 1. The zero-order valence-corrected chi connectivity index (χ0v) is 10.8. The molecule has 0 saturated carbocycles. The molecule has 0 aliphatic carbocycles. The monoisotopic (exact) mass is 246 g/mol. The average molecular weight is 246 g/mol. The standard InChI is InChI=1S/C14H18N2O2/c1-3-4-14(17)16-8-7-12(10-16)18-13-6-5-11(2)9-15-13/h3-6,9,12H,7-8,10H2,1-2H3/b4-3+/t12-/m0/s1. The summed E-state index contributed by atoms with van der Waals surface area (Å²) < 4.78 is 5.76. The number of allylic oxidation sites excluding steroid dienone is 1. The lowest BCUT2D eigenvalue weighted by molar-refractivity contribution is -0.125. The van der Waals surface area contributed by atoms with Gasteiger partial charge in [-0.05, 0) is 25.5 Å². The Labute approximate surface area is 107 Å². The number of pyridine rings is 1. The number of hydrogen-bond donors (Lipinski definition) is 0. The van der Waals surface area contributed by atoms with Crippen LogP contribution in [0.5, 0.6) is 5.88 Å². The lowest BCUT2D eigenvalue weighted by atomic mass is 10.3. The normalized spacial score (nSPS) is 19.4. The van der Waals surface area contributed by atoms with Crippen LogP contribution in [0.2, 0.25) is 0 Å². The second kappa shape index (κ2) is 5.67. The Balaban J connectivity index is 1.89. The highest BCUT2D eigenvalue weighted by Gasteiger charge is 2.26. The maximum atomic E-state index is 11.7. The number of ether oxygens (including phenoxy) is 1. The molecule has 1 aromatic heterocycles. The minimum absolute atomic E-state index is 0.0504. The molecule has 0 spiro atoms. The van der Waals surface area contributed by atoms with E-state index in [0.717, 1.165) is 18.5 Å². The van der Waals surface area contributed by atoms with Gasteiger partial charge < -0.3 is 9.64 Å². The van der Waals surface area contributed by atoms with Gasteiger partial charge in [-0.3, -0.25) is 4.79 Å². The van der Waals surface area contributed by atoms with E-state index in [4.69, 9.17) is 4.74 Å². The van der Waals surface area contributed by atoms with Gasteiger partial charge in [-0.2, -0.15) is 0 Å². The van der Waals surface area contributed by atoms with Gasteiger partial charge in [0.05, 0.1) is 6.54 Å². The SMILES string of the molecule is C/C=C/C(=O)N1CC[C@H](Oc2ccc(C)cn2)C1. The first-order chi connectivity index (χ1) is 8.69. The third-order valence-electron chi connectivity index (χ3n) is 2.94. The third-order valence-corrected chi connectivity index (χ3v) is 2.94. The van der Waals surface area contributed by atoms with Gasteiger partial charge in [-0.1, -0.05) is 12.1 Å². The summed E-state index contributed by atoms with van der Waals surface area (Å²) in [7, 11) is 0. The number of aryl methyl sites for hydroxylation is 1. The molecule has 96 valence electrons. The van der Waals surface area contributed by atoms with Crippen LogP contribution in [0.1, 0.15) is 18.9 Å². The fourth-order valence-corrected chi connectivity index (χ4v) is 1.97. The topological polar surface area (TPSA) is 42.4 Å². The summed E-state index contributed by atoms with van der Waals surface area (Å²) in [6.07, 6.45) is 6.05. The first kappa shape index (κ1) is 12.6. The van der Waals surface area contributed by atoms with E-state index in [9.17, 15) is 4.79 Å². The van der Waals surface area contributed by atoms with Gasteiger partial charge in [0.25, 0.3) is 0 Å². The van der Waals surface area contributed by atoms with E-state index in [1.165, 1.54) is 0 Å². The summed E-state index contributed by atoms with van der Waals surface area (Å²) in [4.78, 5) is 17.7. The predicted octanol–water partition coefficient (Wildman–Crippen LogP) is 1.95. The van der Waals surface area contributed by atoms with Crippen LogP contribution in [0.15, 0.2) is 30.5 Å². The van der Waals surface area contributed by atoms with Crippen molar-refractivity contribution in [2.24, 2.45) is 0 Å². The van der Waals surface area contributed by atoms with Gasteiger partial charge in [0.1, 0.15) is 6.10 Å². The molecule has 4 nitrogen and oxygen atoms in total. The van der Waals surface area contributed by atoms with E-state index >= 15 is 0 Å². The zero-order chi connectivity index (χ0) is 13.0. The van der Waals surface area contributed by atoms with Crippen LogP contribution >= 0.6 is 0 Å². The molecule has 0 N–H and O–H groups in total. The van der Waals surface area contributed by atoms with Crippen molar-refractivity contribution in [3.05, 3.63) is 36.0 Å². The molecule has 0 unspecified atom stereocenters. The van der Waals surface area contributed by atoms with Crippen LogP contribution in [0.25, 0.3) is 0 Å². The predicted molar refractivity (Wildman–Crippen MR) is 69.4 cm³/mol. The third kappa shape index (κ3) is 3.09. The lowest BCUT2D eigenvalue weighted by Gasteiger charge is -2.15. The fourth-order valence-electron chi connectivity index (χ4n) is 1.97. The van der Waals surface area contributed by atoms with E-state index in [1.54, 1.807) is 23.2 Å². The number of likely N-dealkylation sites (tertiary alicyclic amines) is 1. The highest BCUT2D eigenvalue weighted by atomic mass is 16.5. The molecule has 18 heavy (non-hydrogen) atoms. The van der Waals surface area contributed by atoms with Crippen molar-refractivity contribution in [1.82, 2.24) is 9.88 Å². The number of hydrogen-bond acceptors (Lipinski definition) is 3. The zero-order valence-electron chi connectivity index (χ0n) is 10.8. The largest absolute Gasteiger partial charge is 0.472 e. The Morgan fingerprint density at radius 3 is 3.06 bits per heavy atom. The van der Waals surface area contributed by atoms with Gasteiger partial charge in [-0.15, -0.1) is 0 Å². The first-order valence-electron chi connectivity index (χ1n) is 6.20. The highest BCUT2D eigenvalue weighted by Crippen LogP contribution is 2.16. The number of carbonyl (C=O) groups excluding carboxylic acids is 1. The van der Waals surface area contributed by atoms with Crippen molar-refractivity contribution >= 4 is 5.91 Å². The second-order valence-electron chi connectivity index (χ2n) is 4.49. The Hall–Kier alpha value is -1.84. The van der Waals surface area contributed by atoms with Crippen LogP contribution in [-0.4, -0.2) is 35.0 Å². The van der Waals surface area contributed by atoms with Crippen molar-refractivity contribution in [3.8, 4) is 5.88 Å². The Kier molecular flexibility index (Phi) is 3.97. The van der Waals surface area contributed by atoms with Gasteiger partial charge in [0, 0.05) is 25.2 Å².